The molecule has 0 aromatic heterocycles. The van der Waals surface area contributed by atoms with Crippen LogP contribution in [0.3, 0.4) is 0 Å². The molecule has 1 fully saturated rings. The Morgan fingerprint density at radius 1 is 0.912 bits per heavy atom. The molecule has 0 bridgehead atoms. The quantitative estimate of drug-likeness (QED) is 0.418. The van der Waals surface area contributed by atoms with Crippen molar-refractivity contribution in [3.8, 4) is 11.5 Å². The fraction of sp³-hybridized carbons (Fsp3) is 0.148. The highest BCUT2D eigenvalue weighted by molar-refractivity contribution is 6.39. The van der Waals surface area contributed by atoms with Crippen LogP contribution < -0.4 is 19.7 Å². The topological polar surface area (TPSA) is 84.9 Å². The average Bonchev–Trinajstić information content (AvgIpc) is 2.86. The molecule has 7 nitrogen and oxygen atoms in total. The van der Waals surface area contributed by atoms with Gasteiger partial charge in [0.2, 0.25) is 0 Å². The number of urea groups is 1. The second kappa shape index (κ2) is 10.0. The van der Waals surface area contributed by atoms with Gasteiger partial charge in [0, 0.05) is 11.6 Å². The zero-order valence-electron chi connectivity index (χ0n) is 18.9. The van der Waals surface area contributed by atoms with Crippen molar-refractivity contribution in [1.29, 1.82) is 0 Å². The first-order valence-electron chi connectivity index (χ1n) is 10.9. The van der Waals surface area contributed by atoms with Crippen LogP contribution >= 0.6 is 0 Å². The van der Waals surface area contributed by atoms with E-state index in [2.05, 4.69) is 5.32 Å². The predicted molar refractivity (Wildman–Crippen MR) is 129 cm³/mol. The van der Waals surface area contributed by atoms with Crippen molar-refractivity contribution in [2.75, 3.05) is 12.0 Å². The van der Waals surface area contributed by atoms with Gasteiger partial charge in [0.05, 0.1) is 12.8 Å². The molecule has 1 N–H and O–H groups in total. The first-order valence-corrected chi connectivity index (χ1v) is 10.9. The van der Waals surface area contributed by atoms with Gasteiger partial charge in [0.25, 0.3) is 11.8 Å². The number of carbonyl (C=O) groups is 3. The minimum atomic E-state index is -0.785. The Morgan fingerprint density at radius 3 is 2.32 bits per heavy atom. The number of ether oxygens (including phenoxy) is 2. The maximum Gasteiger partial charge on any atom is 0.335 e. The molecule has 172 valence electrons. The summed E-state index contributed by atoms with van der Waals surface area (Å²) in [5.74, 6) is -0.464. The van der Waals surface area contributed by atoms with E-state index in [9.17, 15) is 14.4 Å². The van der Waals surface area contributed by atoms with Crippen molar-refractivity contribution in [3.63, 3.8) is 0 Å². The van der Waals surface area contributed by atoms with Crippen molar-refractivity contribution in [2.24, 2.45) is 0 Å². The van der Waals surface area contributed by atoms with Gasteiger partial charge in [0.1, 0.15) is 23.7 Å². The van der Waals surface area contributed by atoms with Crippen LogP contribution in [-0.2, 0) is 22.6 Å². The number of carbonyl (C=O) groups excluding carboxylic acids is 3. The Kier molecular flexibility index (Phi) is 6.73. The van der Waals surface area contributed by atoms with E-state index in [0.717, 1.165) is 22.4 Å². The van der Waals surface area contributed by atoms with Crippen LogP contribution in [0.2, 0.25) is 0 Å². The SMILES string of the molecule is CCc1ccc(N2C(=O)NC(=O)/C(=C\c3ccc(OC)cc3OCc3ccccc3)C2=O)cc1. The van der Waals surface area contributed by atoms with Gasteiger partial charge in [0.15, 0.2) is 0 Å². The third-order valence-electron chi connectivity index (χ3n) is 5.46. The number of nitrogens with zero attached hydrogens (tertiary/aromatic N) is 1. The smallest absolute Gasteiger partial charge is 0.335 e. The van der Waals surface area contributed by atoms with Crippen LogP contribution in [0.5, 0.6) is 11.5 Å². The Bertz CT molecular complexity index is 1250. The maximum atomic E-state index is 13.2. The molecule has 0 unspecified atom stereocenters. The second-order valence-electron chi connectivity index (χ2n) is 7.66. The van der Waals surface area contributed by atoms with E-state index in [0.29, 0.717) is 29.4 Å². The summed E-state index contributed by atoms with van der Waals surface area (Å²) in [6.45, 7) is 2.30. The Balaban J connectivity index is 1.67. The van der Waals surface area contributed by atoms with Crippen LogP contribution in [-0.4, -0.2) is 25.0 Å². The first-order chi connectivity index (χ1) is 16.5. The summed E-state index contributed by atoms with van der Waals surface area (Å²) in [5, 5.41) is 2.25. The van der Waals surface area contributed by atoms with Gasteiger partial charge >= 0.3 is 6.03 Å². The number of methoxy groups -OCH3 is 1. The molecule has 7 heteroatoms. The van der Waals surface area contributed by atoms with Crippen LogP contribution in [0.1, 0.15) is 23.6 Å². The van der Waals surface area contributed by atoms with Crippen LogP contribution in [0, 0.1) is 0 Å². The highest BCUT2D eigenvalue weighted by Gasteiger charge is 2.37. The molecule has 4 rings (SSSR count). The predicted octanol–water partition coefficient (Wildman–Crippen LogP) is 4.50. The number of anilines is 1. The molecule has 34 heavy (non-hydrogen) atoms. The molecule has 0 radical (unpaired) electrons. The van der Waals surface area contributed by atoms with Crippen LogP contribution in [0.15, 0.2) is 78.4 Å². The molecule has 1 saturated heterocycles. The van der Waals surface area contributed by atoms with Crippen molar-refractivity contribution < 1.29 is 23.9 Å². The van der Waals surface area contributed by atoms with E-state index in [1.165, 1.54) is 6.08 Å². The van der Waals surface area contributed by atoms with Crippen molar-refractivity contribution in [3.05, 3.63) is 95.1 Å². The fourth-order valence-electron chi connectivity index (χ4n) is 3.55. The van der Waals surface area contributed by atoms with E-state index in [-0.39, 0.29) is 5.57 Å². The number of rotatable bonds is 7. The summed E-state index contributed by atoms with van der Waals surface area (Å²) in [6.07, 6.45) is 2.25. The number of amides is 4. The molecule has 3 aromatic carbocycles. The molecule has 1 aliphatic heterocycles. The van der Waals surface area contributed by atoms with Gasteiger partial charge in [-0.1, -0.05) is 49.4 Å². The molecule has 1 heterocycles. The summed E-state index contributed by atoms with van der Waals surface area (Å²) in [6, 6.07) is 21.0. The Hall–Kier alpha value is -4.39. The van der Waals surface area contributed by atoms with Gasteiger partial charge in [-0.05, 0) is 47.9 Å². The number of imide groups is 2. The largest absolute Gasteiger partial charge is 0.497 e. The van der Waals surface area contributed by atoms with Crippen molar-refractivity contribution >= 4 is 29.6 Å². The Labute approximate surface area is 197 Å². The zero-order valence-corrected chi connectivity index (χ0v) is 18.9. The molecule has 0 atom stereocenters. The second-order valence-corrected chi connectivity index (χ2v) is 7.66. The van der Waals surface area contributed by atoms with E-state index in [4.69, 9.17) is 9.47 Å². The van der Waals surface area contributed by atoms with Gasteiger partial charge in [-0.25, -0.2) is 9.69 Å². The van der Waals surface area contributed by atoms with Gasteiger partial charge in [-0.15, -0.1) is 0 Å². The van der Waals surface area contributed by atoms with E-state index in [1.54, 1.807) is 37.4 Å². The number of hydrogen-bond donors (Lipinski definition) is 1. The molecule has 0 spiro atoms. The minimum Gasteiger partial charge on any atom is -0.497 e. The molecule has 1 aliphatic rings. The van der Waals surface area contributed by atoms with Gasteiger partial charge in [-0.3, -0.25) is 14.9 Å². The number of nitrogens with one attached hydrogen (secondary N) is 1. The highest BCUT2D eigenvalue weighted by atomic mass is 16.5. The summed E-state index contributed by atoms with van der Waals surface area (Å²) >= 11 is 0. The van der Waals surface area contributed by atoms with Gasteiger partial charge in [-0.2, -0.15) is 0 Å². The summed E-state index contributed by atoms with van der Waals surface area (Å²) in [5.41, 5.74) is 2.75. The number of aryl methyl sites for hydroxylation is 1. The minimum absolute atomic E-state index is 0.172. The number of barbiturate groups is 1. The molecule has 0 aliphatic carbocycles. The van der Waals surface area contributed by atoms with E-state index >= 15 is 0 Å². The lowest BCUT2D eigenvalue weighted by atomic mass is 10.1. The molecular weight excluding hydrogens is 432 g/mol. The molecule has 0 saturated carbocycles. The average molecular weight is 456 g/mol. The lowest BCUT2D eigenvalue weighted by Gasteiger charge is -2.26. The standard InChI is InChI=1S/C27H24N2O5/c1-3-18-9-12-21(13-10-18)29-26(31)23(25(30)28-27(29)32)15-20-11-14-22(33-2)16-24(20)34-17-19-7-5-4-6-8-19/h4-16H,3,17H2,1-2H3,(H,28,30,32)/b23-15+. The van der Waals surface area contributed by atoms with Crippen molar-refractivity contribution in [2.45, 2.75) is 20.0 Å². The van der Waals surface area contributed by atoms with Gasteiger partial charge < -0.3 is 9.47 Å². The summed E-state index contributed by atoms with van der Waals surface area (Å²) < 4.78 is 11.3. The summed E-state index contributed by atoms with van der Waals surface area (Å²) in [4.78, 5) is 39.3. The fourth-order valence-corrected chi connectivity index (χ4v) is 3.55. The maximum absolute atomic E-state index is 13.2. The van der Waals surface area contributed by atoms with Crippen molar-refractivity contribution in [1.82, 2.24) is 5.32 Å². The highest BCUT2D eigenvalue weighted by Crippen LogP contribution is 2.29. The molecule has 3 aromatic rings. The number of hydrogen-bond acceptors (Lipinski definition) is 5. The first kappa shape index (κ1) is 22.8. The third kappa shape index (κ3) is 4.83. The summed E-state index contributed by atoms with van der Waals surface area (Å²) in [7, 11) is 1.54. The Morgan fingerprint density at radius 2 is 1.65 bits per heavy atom. The number of benzene rings is 3. The third-order valence-corrected chi connectivity index (χ3v) is 5.46. The van der Waals surface area contributed by atoms with E-state index < -0.39 is 17.8 Å². The normalized spacial score (nSPS) is 14.8. The molecule has 4 amide bonds. The monoisotopic (exact) mass is 456 g/mol. The lowest BCUT2D eigenvalue weighted by molar-refractivity contribution is -0.122. The van der Waals surface area contributed by atoms with Crippen LogP contribution in [0.4, 0.5) is 10.5 Å². The lowest BCUT2D eigenvalue weighted by Crippen LogP contribution is -2.54. The molecular formula is C27H24N2O5. The zero-order chi connectivity index (χ0) is 24.1. The van der Waals surface area contributed by atoms with Crippen LogP contribution in [0.25, 0.3) is 6.08 Å². The van der Waals surface area contributed by atoms with E-state index in [1.807, 2.05) is 49.4 Å².